The molecule has 1 aromatic carbocycles. The molecule has 0 saturated heterocycles. The van der Waals surface area contributed by atoms with Crippen molar-refractivity contribution in [2.45, 2.75) is 38.2 Å². The van der Waals surface area contributed by atoms with Crippen LogP contribution in [0, 0.1) is 5.92 Å². The zero-order chi connectivity index (χ0) is 15.1. The number of hydrogen-bond acceptors (Lipinski definition) is 2. The standard InChI is InChI=1S/C16H21BrN2O2/c1-18-13-8-11(15(20)10-6-4-3-5-7-10)12(17)9-14(13)19(2)16(18)21/h8-10,15,20H,3-7H2,1-2H3. The first kappa shape index (κ1) is 14.9. The molecule has 0 radical (unpaired) electrons. The molecule has 1 unspecified atom stereocenters. The first-order chi connectivity index (χ1) is 10.0. The summed E-state index contributed by atoms with van der Waals surface area (Å²) >= 11 is 3.57. The molecule has 3 rings (SSSR count). The minimum Gasteiger partial charge on any atom is -0.388 e. The highest BCUT2D eigenvalue weighted by molar-refractivity contribution is 9.10. The van der Waals surface area contributed by atoms with Crippen LogP contribution in [0.5, 0.6) is 0 Å². The Balaban J connectivity index is 2.08. The molecule has 0 aliphatic heterocycles. The van der Waals surface area contributed by atoms with Gasteiger partial charge in [0, 0.05) is 18.6 Å². The maximum Gasteiger partial charge on any atom is 0.328 e. The van der Waals surface area contributed by atoms with Gasteiger partial charge in [-0.25, -0.2) is 4.79 Å². The summed E-state index contributed by atoms with van der Waals surface area (Å²) in [6.45, 7) is 0. The third kappa shape index (κ3) is 2.46. The van der Waals surface area contributed by atoms with Crippen molar-refractivity contribution in [2.75, 3.05) is 0 Å². The largest absolute Gasteiger partial charge is 0.388 e. The van der Waals surface area contributed by atoms with Crippen LogP contribution in [0.1, 0.15) is 43.8 Å². The molecule has 1 aliphatic carbocycles. The van der Waals surface area contributed by atoms with Crippen LogP contribution in [0.25, 0.3) is 11.0 Å². The third-order valence-corrected chi connectivity index (χ3v) is 5.49. The van der Waals surface area contributed by atoms with Gasteiger partial charge >= 0.3 is 5.69 Å². The number of aliphatic hydroxyl groups excluding tert-OH is 1. The highest BCUT2D eigenvalue weighted by Crippen LogP contribution is 2.38. The first-order valence-corrected chi connectivity index (χ1v) is 8.33. The molecule has 1 aliphatic rings. The van der Waals surface area contributed by atoms with Crippen molar-refractivity contribution in [3.05, 3.63) is 32.7 Å². The Morgan fingerprint density at radius 1 is 1.14 bits per heavy atom. The Morgan fingerprint density at radius 2 is 1.71 bits per heavy atom. The third-order valence-electron chi connectivity index (χ3n) is 4.81. The summed E-state index contributed by atoms with van der Waals surface area (Å²) in [4.78, 5) is 12.0. The summed E-state index contributed by atoms with van der Waals surface area (Å²) in [7, 11) is 3.55. The van der Waals surface area contributed by atoms with Crippen molar-refractivity contribution in [1.29, 1.82) is 0 Å². The topological polar surface area (TPSA) is 47.2 Å². The maximum absolute atomic E-state index is 12.0. The lowest BCUT2D eigenvalue weighted by Gasteiger charge is -2.27. The molecular formula is C16H21BrN2O2. The van der Waals surface area contributed by atoms with Gasteiger partial charge < -0.3 is 5.11 Å². The van der Waals surface area contributed by atoms with Gasteiger partial charge in [-0.15, -0.1) is 0 Å². The van der Waals surface area contributed by atoms with Crippen LogP contribution in [0.2, 0.25) is 0 Å². The van der Waals surface area contributed by atoms with Gasteiger partial charge in [-0.1, -0.05) is 35.2 Å². The van der Waals surface area contributed by atoms with Crippen molar-refractivity contribution < 1.29 is 5.11 Å². The molecule has 1 N–H and O–H groups in total. The average Bonchev–Trinajstić information content (AvgIpc) is 2.71. The van der Waals surface area contributed by atoms with Gasteiger partial charge in [0.15, 0.2) is 0 Å². The minimum atomic E-state index is -0.459. The summed E-state index contributed by atoms with van der Waals surface area (Å²) in [6.07, 6.45) is 5.38. The molecular weight excluding hydrogens is 332 g/mol. The van der Waals surface area contributed by atoms with E-state index in [-0.39, 0.29) is 5.69 Å². The zero-order valence-electron chi connectivity index (χ0n) is 12.5. The molecule has 5 heteroatoms. The SMILES string of the molecule is Cn1c(=O)n(C)c2cc(C(O)C3CCCCC3)c(Br)cc21. The number of benzene rings is 1. The molecule has 114 valence electrons. The Labute approximate surface area is 132 Å². The van der Waals surface area contributed by atoms with Crippen LogP contribution in [0.4, 0.5) is 0 Å². The predicted molar refractivity (Wildman–Crippen MR) is 87.4 cm³/mol. The van der Waals surface area contributed by atoms with Crippen molar-refractivity contribution in [2.24, 2.45) is 20.0 Å². The lowest BCUT2D eigenvalue weighted by atomic mass is 9.83. The second-order valence-corrected chi connectivity index (χ2v) is 6.96. The molecule has 21 heavy (non-hydrogen) atoms. The van der Waals surface area contributed by atoms with Crippen LogP contribution in [-0.4, -0.2) is 14.2 Å². The molecule has 1 fully saturated rings. The number of rotatable bonds is 2. The molecule has 1 atom stereocenters. The highest BCUT2D eigenvalue weighted by atomic mass is 79.9. The van der Waals surface area contributed by atoms with Gasteiger partial charge in [0.2, 0.25) is 0 Å². The van der Waals surface area contributed by atoms with Gasteiger partial charge in [0.1, 0.15) is 0 Å². The van der Waals surface area contributed by atoms with E-state index in [0.717, 1.165) is 33.9 Å². The van der Waals surface area contributed by atoms with Crippen molar-refractivity contribution in [3.63, 3.8) is 0 Å². The van der Waals surface area contributed by atoms with E-state index in [1.165, 1.54) is 19.3 Å². The number of aromatic nitrogens is 2. The van der Waals surface area contributed by atoms with Gasteiger partial charge in [-0.2, -0.15) is 0 Å². The van der Waals surface area contributed by atoms with E-state index in [4.69, 9.17) is 0 Å². The van der Waals surface area contributed by atoms with Crippen LogP contribution in [0.3, 0.4) is 0 Å². The maximum atomic E-state index is 12.0. The molecule has 0 amide bonds. The first-order valence-electron chi connectivity index (χ1n) is 7.53. The molecule has 1 saturated carbocycles. The number of aryl methyl sites for hydroxylation is 2. The van der Waals surface area contributed by atoms with Gasteiger partial charge in [-0.3, -0.25) is 9.13 Å². The predicted octanol–water partition coefficient (Wildman–Crippen LogP) is 3.25. The molecule has 1 aromatic heterocycles. The van der Waals surface area contributed by atoms with Gasteiger partial charge in [-0.05, 0) is 36.5 Å². The monoisotopic (exact) mass is 352 g/mol. The highest BCUT2D eigenvalue weighted by Gasteiger charge is 2.25. The fourth-order valence-corrected chi connectivity index (χ4v) is 4.03. The summed E-state index contributed by atoms with van der Waals surface area (Å²) in [5, 5.41) is 10.7. The lowest BCUT2D eigenvalue weighted by molar-refractivity contribution is 0.0843. The average molecular weight is 353 g/mol. The zero-order valence-corrected chi connectivity index (χ0v) is 14.1. The summed E-state index contributed by atoms with van der Waals surface area (Å²) < 4.78 is 4.16. The van der Waals surface area contributed by atoms with Crippen LogP contribution >= 0.6 is 15.9 Å². The number of hydrogen-bond donors (Lipinski definition) is 1. The van der Waals surface area contributed by atoms with E-state index < -0.39 is 6.10 Å². The number of aliphatic hydroxyl groups is 1. The molecule has 4 nitrogen and oxygen atoms in total. The van der Waals surface area contributed by atoms with Gasteiger partial charge in [0.25, 0.3) is 0 Å². The summed E-state index contributed by atoms with van der Waals surface area (Å²) in [5.74, 6) is 0.327. The van der Waals surface area contributed by atoms with Crippen molar-refractivity contribution >= 4 is 27.0 Å². The summed E-state index contributed by atoms with van der Waals surface area (Å²) in [6, 6.07) is 3.90. The number of fused-ring (bicyclic) bond motifs is 1. The van der Waals surface area contributed by atoms with Crippen LogP contribution < -0.4 is 5.69 Å². The number of nitrogens with zero attached hydrogens (tertiary/aromatic N) is 2. The Kier molecular flexibility index (Phi) is 3.97. The molecule has 0 spiro atoms. The van der Waals surface area contributed by atoms with E-state index in [1.807, 2.05) is 12.1 Å². The Bertz CT molecular complexity index is 726. The number of halogens is 1. The van der Waals surface area contributed by atoms with E-state index >= 15 is 0 Å². The second kappa shape index (κ2) is 5.61. The minimum absolute atomic E-state index is 0.0405. The quantitative estimate of drug-likeness (QED) is 0.901. The molecule has 2 aromatic rings. The smallest absolute Gasteiger partial charge is 0.328 e. The number of imidazole rings is 1. The Hall–Kier alpha value is -1.07. The van der Waals surface area contributed by atoms with Gasteiger partial charge in [0.05, 0.1) is 17.1 Å². The van der Waals surface area contributed by atoms with Crippen LogP contribution in [0.15, 0.2) is 21.4 Å². The van der Waals surface area contributed by atoms with E-state index in [2.05, 4.69) is 15.9 Å². The normalized spacial score (nSPS) is 18.3. The van der Waals surface area contributed by atoms with Crippen molar-refractivity contribution in [3.8, 4) is 0 Å². The summed E-state index contributed by atoms with van der Waals surface area (Å²) in [5.41, 5.74) is 2.61. The van der Waals surface area contributed by atoms with E-state index in [0.29, 0.717) is 5.92 Å². The fourth-order valence-electron chi connectivity index (χ4n) is 3.47. The van der Waals surface area contributed by atoms with Crippen molar-refractivity contribution in [1.82, 2.24) is 9.13 Å². The Morgan fingerprint density at radius 3 is 2.33 bits per heavy atom. The lowest BCUT2D eigenvalue weighted by Crippen LogP contribution is -2.19. The fraction of sp³-hybridized carbons (Fsp3) is 0.562. The second-order valence-electron chi connectivity index (χ2n) is 6.11. The van der Waals surface area contributed by atoms with E-state index in [1.54, 1.807) is 23.2 Å². The van der Waals surface area contributed by atoms with Crippen LogP contribution in [-0.2, 0) is 14.1 Å². The van der Waals surface area contributed by atoms with E-state index in [9.17, 15) is 9.90 Å². The molecule has 0 bridgehead atoms. The molecule has 1 heterocycles.